The van der Waals surface area contributed by atoms with Crippen LogP contribution in [-0.2, 0) is 0 Å². The average molecular weight is 350 g/mol. The zero-order chi connectivity index (χ0) is 18.7. The quantitative estimate of drug-likeness (QED) is 0.719. The fourth-order valence-electron chi connectivity index (χ4n) is 2.62. The van der Waals surface area contributed by atoms with Crippen molar-refractivity contribution in [2.45, 2.75) is 6.92 Å². The Morgan fingerprint density at radius 2 is 1.88 bits per heavy atom. The molecule has 6 heteroatoms. The van der Waals surface area contributed by atoms with Gasteiger partial charge in [-0.3, -0.25) is 10.2 Å². The summed E-state index contributed by atoms with van der Waals surface area (Å²) in [6.07, 6.45) is 1.75. The van der Waals surface area contributed by atoms with Crippen LogP contribution in [0.4, 0.5) is 0 Å². The molecule has 0 radical (unpaired) electrons. The Balaban J connectivity index is 2.10. The molecule has 0 saturated heterocycles. The van der Waals surface area contributed by atoms with Gasteiger partial charge in [0.05, 0.1) is 18.4 Å². The molecule has 0 bridgehead atoms. The van der Waals surface area contributed by atoms with Crippen LogP contribution in [0, 0.1) is 6.92 Å². The summed E-state index contributed by atoms with van der Waals surface area (Å²) in [5.41, 5.74) is 6.75. The normalized spacial score (nSPS) is 10.8. The van der Waals surface area contributed by atoms with Gasteiger partial charge < -0.3 is 4.74 Å². The van der Waals surface area contributed by atoms with E-state index >= 15 is 0 Å². The van der Waals surface area contributed by atoms with Gasteiger partial charge in [0.1, 0.15) is 11.4 Å². The van der Waals surface area contributed by atoms with E-state index < -0.39 is 0 Å². The predicted octanol–water partition coefficient (Wildman–Crippen LogP) is 3.06. The van der Waals surface area contributed by atoms with Gasteiger partial charge in [-0.05, 0) is 31.2 Å². The van der Waals surface area contributed by atoms with Crippen molar-refractivity contribution >= 4 is 5.91 Å². The van der Waals surface area contributed by atoms with Crippen molar-refractivity contribution in [1.29, 1.82) is 0 Å². The molecule has 0 aliphatic carbocycles. The molecule has 1 N–H and O–H groups in total. The first kappa shape index (κ1) is 17.7. The van der Waals surface area contributed by atoms with Crippen molar-refractivity contribution in [3.8, 4) is 22.7 Å². The highest BCUT2D eigenvalue weighted by Crippen LogP contribution is 2.27. The van der Waals surface area contributed by atoms with Crippen LogP contribution in [0.2, 0.25) is 0 Å². The molecular weight excluding hydrogens is 328 g/mol. The maximum absolute atomic E-state index is 12.7. The molecule has 134 valence electrons. The van der Waals surface area contributed by atoms with E-state index in [2.05, 4.69) is 10.5 Å². The van der Waals surface area contributed by atoms with Crippen molar-refractivity contribution in [2.24, 2.45) is 0 Å². The van der Waals surface area contributed by atoms with Crippen molar-refractivity contribution in [3.63, 3.8) is 0 Å². The number of hydrogen-bond acceptors (Lipinski definition) is 4. The maximum Gasteiger partial charge on any atom is 0.269 e. The van der Waals surface area contributed by atoms with Gasteiger partial charge in [-0.2, -0.15) is 5.10 Å². The second-order valence-corrected chi connectivity index (χ2v) is 6.24. The molecule has 0 saturated carbocycles. The molecule has 0 aliphatic rings. The van der Waals surface area contributed by atoms with E-state index in [1.807, 2.05) is 55.5 Å². The van der Waals surface area contributed by atoms with Crippen molar-refractivity contribution in [2.75, 3.05) is 21.2 Å². The summed E-state index contributed by atoms with van der Waals surface area (Å²) in [5.74, 6) is 0.498. The van der Waals surface area contributed by atoms with Crippen LogP contribution in [0.25, 0.3) is 16.9 Å². The molecule has 1 heterocycles. The molecule has 26 heavy (non-hydrogen) atoms. The minimum absolute atomic E-state index is 0.216. The van der Waals surface area contributed by atoms with E-state index in [4.69, 9.17) is 4.74 Å². The van der Waals surface area contributed by atoms with Gasteiger partial charge in [-0.25, -0.2) is 9.69 Å². The zero-order valence-corrected chi connectivity index (χ0v) is 15.4. The SMILES string of the molecule is COc1cccc(-c2nn(-c3ccc(C)cc3)cc2C(=O)NN(C)C)c1. The number of rotatable bonds is 5. The molecule has 3 aromatic rings. The van der Waals surface area contributed by atoms with Gasteiger partial charge >= 0.3 is 0 Å². The molecular formula is C20H22N4O2. The summed E-state index contributed by atoms with van der Waals surface area (Å²) in [5, 5.41) is 6.28. The lowest BCUT2D eigenvalue weighted by atomic mass is 10.1. The van der Waals surface area contributed by atoms with E-state index in [-0.39, 0.29) is 5.91 Å². The number of methoxy groups -OCH3 is 1. The van der Waals surface area contributed by atoms with Crippen molar-refractivity contribution in [3.05, 3.63) is 65.9 Å². The lowest BCUT2D eigenvalue weighted by Gasteiger charge is -2.11. The van der Waals surface area contributed by atoms with Crippen LogP contribution < -0.4 is 10.2 Å². The number of nitrogens with one attached hydrogen (secondary N) is 1. The Kier molecular flexibility index (Phi) is 5.04. The summed E-state index contributed by atoms with van der Waals surface area (Å²) in [6, 6.07) is 15.5. The molecule has 3 rings (SSSR count). The maximum atomic E-state index is 12.7. The number of hydrogen-bond donors (Lipinski definition) is 1. The largest absolute Gasteiger partial charge is 0.497 e. The summed E-state index contributed by atoms with van der Waals surface area (Å²) < 4.78 is 7.02. The summed E-state index contributed by atoms with van der Waals surface area (Å²) in [6.45, 7) is 2.03. The van der Waals surface area contributed by atoms with Gasteiger partial charge in [-0.15, -0.1) is 0 Å². The van der Waals surface area contributed by atoms with E-state index in [1.165, 1.54) is 5.56 Å². The number of hydrazine groups is 1. The molecule has 6 nitrogen and oxygen atoms in total. The third-order valence-corrected chi connectivity index (χ3v) is 3.93. The highest BCUT2D eigenvalue weighted by atomic mass is 16.5. The minimum atomic E-state index is -0.216. The van der Waals surface area contributed by atoms with Crippen LogP contribution in [0.15, 0.2) is 54.7 Å². The standard InChI is InChI=1S/C20H22N4O2/c1-14-8-10-16(11-9-14)24-13-18(20(25)22-23(2)3)19(21-24)15-6-5-7-17(12-15)26-4/h5-13H,1-4H3,(H,22,25). The molecule has 0 spiro atoms. The number of aryl methyl sites for hydroxylation is 1. The number of amides is 1. The molecule has 0 unspecified atom stereocenters. The molecule has 0 fully saturated rings. The lowest BCUT2D eigenvalue weighted by Crippen LogP contribution is -2.36. The fraction of sp³-hybridized carbons (Fsp3) is 0.200. The van der Waals surface area contributed by atoms with Crippen LogP contribution in [0.1, 0.15) is 15.9 Å². The Morgan fingerprint density at radius 1 is 1.15 bits per heavy atom. The van der Waals surface area contributed by atoms with Gasteiger partial charge in [-0.1, -0.05) is 29.8 Å². The number of aromatic nitrogens is 2. The van der Waals surface area contributed by atoms with Gasteiger partial charge in [0.15, 0.2) is 0 Å². The molecule has 0 atom stereocenters. The predicted molar refractivity (Wildman–Crippen MR) is 101 cm³/mol. The Labute approximate surface area is 153 Å². The summed E-state index contributed by atoms with van der Waals surface area (Å²) in [7, 11) is 5.16. The second-order valence-electron chi connectivity index (χ2n) is 6.24. The highest BCUT2D eigenvalue weighted by molar-refractivity contribution is 5.99. The van der Waals surface area contributed by atoms with Crippen LogP contribution in [0.5, 0.6) is 5.75 Å². The first-order valence-corrected chi connectivity index (χ1v) is 8.27. The minimum Gasteiger partial charge on any atom is -0.497 e. The van der Waals surface area contributed by atoms with Crippen LogP contribution >= 0.6 is 0 Å². The fourth-order valence-corrected chi connectivity index (χ4v) is 2.62. The Bertz CT molecular complexity index is 914. The molecule has 0 aliphatic heterocycles. The monoisotopic (exact) mass is 350 g/mol. The summed E-state index contributed by atoms with van der Waals surface area (Å²) >= 11 is 0. The van der Waals surface area contributed by atoms with E-state index in [0.29, 0.717) is 17.0 Å². The molecule has 1 amide bonds. The number of benzene rings is 2. The summed E-state index contributed by atoms with van der Waals surface area (Å²) in [4.78, 5) is 12.7. The first-order chi connectivity index (χ1) is 12.5. The van der Waals surface area contributed by atoms with Crippen LogP contribution in [-0.4, -0.2) is 41.9 Å². The number of ether oxygens (including phenoxy) is 1. The zero-order valence-electron chi connectivity index (χ0n) is 15.4. The lowest BCUT2D eigenvalue weighted by molar-refractivity contribution is 0.0857. The Morgan fingerprint density at radius 3 is 2.54 bits per heavy atom. The van der Waals surface area contributed by atoms with Gasteiger partial charge in [0.25, 0.3) is 5.91 Å². The number of carbonyl (C=O) groups excluding carboxylic acids is 1. The average Bonchev–Trinajstić information content (AvgIpc) is 3.07. The molecule has 1 aromatic heterocycles. The number of nitrogens with zero attached hydrogens (tertiary/aromatic N) is 3. The van der Waals surface area contributed by atoms with E-state index in [1.54, 1.807) is 37.1 Å². The number of carbonyl (C=O) groups is 1. The van der Waals surface area contributed by atoms with Gasteiger partial charge in [0, 0.05) is 25.9 Å². The van der Waals surface area contributed by atoms with Crippen LogP contribution in [0.3, 0.4) is 0 Å². The smallest absolute Gasteiger partial charge is 0.269 e. The van der Waals surface area contributed by atoms with E-state index in [9.17, 15) is 4.79 Å². The molecule has 2 aromatic carbocycles. The van der Waals surface area contributed by atoms with E-state index in [0.717, 1.165) is 11.3 Å². The third kappa shape index (κ3) is 3.75. The second kappa shape index (κ2) is 7.41. The third-order valence-electron chi connectivity index (χ3n) is 3.93. The van der Waals surface area contributed by atoms with Gasteiger partial charge in [0.2, 0.25) is 0 Å². The highest BCUT2D eigenvalue weighted by Gasteiger charge is 2.19. The Hall–Kier alpha value is -3.12. The van der Waals surface area contributed by atoms with Crippen molar-refractivity contribution in [1.82, 2.24) is 20.2 Å². The topological polar surface area (TPSA) is 59.4 Å². The first-order valence-electron chi connectivity index (χ1n) is 8.27. The van der Waals surface area contributed by atoms with Crippen molar-refractivity contribution < 1.29 is 9.53 Å².